The molecule has 0 aromatic heterocycles. The van der Waals surface area contributed by atoms with Gasteiger partial charge < -0.3 is 9.80 Å². The molecule has 5 rings (SSSR count). The predicted octanol–water partition coefficient (Wildman–Crippen LogP) is 5.00. The van der Waals surface area contributed by atoms with Gasteiger partial charge in [0.15, 0.2) is 0 Å². The van der Waals surface area contributed by atoms with E-state index < -0.39 is 0 Å². The van der Waals surface area contributed by atoms with Gasteiger partial charge in [0.1, 0.15) is 0 Å². The SMILES string of the molecule is CCCN(CC1CC1)C(=O)C1CCN(c2cccc3c2C(=O)N(Cc2ccc(Cl)cc2)C3=O)CC1. The lowest BCUT2D eigenvalue weighted by Crippen LogP contribution is -2.44. The maximum absolute atomic E-state index is 13.4. The van der Waals surface area contributed by atoms with E-state index in [1.807, 2.05) is 24.3 Å². The first kappa shape index (κ1) is 23.9. The number of amides is 3. The molecule has 0 unspecified atom stereocenters. The molecule has 1 saturated heterocycles. The fourth-order valence-electron chi connectivity index (χ4n) is 5.29. The minimum absolute atomic E-state index is 0.0343. The Morgan fingerprint density at radius 1 is 1.00 bits per heavy atom. The third kappa shape index (κ3) is 4.94. The summed E-state index contributed by atoms with van der Waals surface area (Å²) < 4.78 is 0. The average molecular weight is 494 g/mol. The first-order valence-corrected chi connectivity index (χ1v) is 13.1. The zero-order valence-electron chi connectivity index (χ0n) is 20.2. The van der Waals surface area contributed by atoms with Crippen molar-refractivity contribution in [3.8, 4) is 0 Å². The van der Waals surface area contributed by atoms with E-state index in [1.165, 1.54) is 17.7 Å². The Kier molecular flexibility index (Phi) is 6.83. The van der Waals surface area contributed by atoms with Gasteiger partial charge in [0.2, 0.25) is 5.91 Å². The molecule has 0 spiro atoms. The van der Waals surface area contributed by atoms with E-state index in [1.54, 1.807) is 18.2 Å². The number of halogens is 1. The molecule has 2 aliphatic heterocycles. The van der Waals surface area contributed by atoms with Crippen LogP contribution in [0.4, 0.5) is 5.69 Å². The second-order valence-electron chi connectivity index (χ2n) is 10.0. The van der Waals surface area contributed by atoms with Gasteiger partial charge in [-0.05, 0) is 67.9 Å². The average Bonchev–Trinajstić information content (AvgIpc) is 3.67. The van der Waals surface area contributed by atoms with Crippen molar-refractivity contribution in [2.24, 2.45) is 11.8 Å². The van der Waals surface area contributed by atoms with Gasteiger partial charge in [0.05, 0.1) is 23.4 Å². The van der Waals surface area contributed by atoms with Crippen molar-refractivity contribution >= 4 is 35.0 Å². The van der Waals surface area contributed by atoms with Crippen LogP contribution in [0.15, 0.2) is 42.5 Å². The van der Waals surface area contributed by atoms with Crippen LogP contribution < -0.4 is 4.90 Å². The van der Waals surface area contributed by atoms with Crippen molar-refractivity contribution in [1.82, 2.24) is 9.80 Å². The second-order valence-corrected chi connectivity index (χ2v) is 10.4. The summed E-state index contributed by atoms with van der Waals surface area (Å²) in [5.41, 5.74) is 2.59. The van der Waals surface area contributed by atoms with E-state index >= 15 is 0 Å². The lowest BCUT2D eigenvalue weighted by atomic mass is 9.93. The Morgan fingerprint density at radius 3 is 2.37 bits per heavy atom. The van der Waals surface area contributed by atoms with Gasteiger partial charge in [0, 0.05) is 37.1 Å². The molecule has 0 radical (unpaired) electrons. The van der Waals surface area contributed by atoms with Crippen molar-refractivity contribution in [1.29, 1.82) is 0 Å². The van der Waals surface area contributed by atoms with Crippen LogP contribution in [0.2, 0.25) is 5.02 Å². The summed E-state index contributed by atoms with van der Waals surface area (Å²) in [5.74, 6) is 0.496. The van der Waals surface area contributed by atoms with Crippen LogP contribution in [-0.2, 0) is 11.3 Å². The minimum Gasteiger partial charge on any atom is -0.371 e. The van der Waals surface area contributed by atoms with Crippen LogP contribution in [-0.4, -0.2) is 53.7 Å². The number of carbonyl (C=O) groups excluding carboxylic acids is 3. The molecule has 184 valence electrons. The fraction of sp³-hybridized carbons (Fsp3) is 0.464. The van der Waals surface area contributed by atoms with Gasteiger partial charge in [-0.1, -0.05) is 36.7 Å². The van der Waals surface area contributed by atoms with Gasteiger partial charge in [-0.15, -0.1) is 0 Å². The first-order valence-electron chi connectivity index (χ1n) is 12.7. The molecular weight excluding hydrogens is 462 g/mol. The number of fused-ring (bicyclic) bond motifs is 1. The van der Waals surface area contributed by atoms with E-state index in [2.05, 4.69) is 16.7 Å². The summed E-state index contributed by atoms with van der Waals surface area (Å²) in [4.78, 5) is 45.2. The highest BCUT2D eigenvalue weighted by molar-refractivity contribution is 6.30. The Hall–Kier alpha value is -2.86. The zero-order valence-corrected chi connectivity index (χ0v) is 21.0. The number of nitrogens with zero attached hydrogens (tertiary/aromatic N) is 3. The molecule has 0 atom stereocenters. The van der Waals surface area contributed by atoms with Crippen LogP contribution in [0, 0.1) is 11.8 Å². The molecule has 1 aliphatic carbocycles. The fourth-order valence-corrected chi connectivity index (χ4v) is 5.42. The van der Waals surface area contributed by atoms with E-state index in [4.69, 9.17) is 11.6 Å². The van der Waals surface area contributed by atoms with Crippen molar-refractivity contribution in [3.63, 3.8) is 0 Å². The number of piperidine rings is 1. The van der Waals surface area contributed by atoms with Crippen LogP contribution in [0.5, 0.6) is 0 Å². The summed E-state index contributed by atoms with van der Waals surface area (Å²) in [5, 5.41) is 0.616. The first-order chi connectivity index (χ1) is 17.0. The Labute approximate surface area is 211 Å². The van der Waals surface area contributed by atoms with Crippen LogP contribution in [0.3, 0.4) is 0 Å². The summed E-state index contributed by atoms with van der Waals surface area (Å²) in [7, 11) is 0. The number of hydrogen-bond acceptors (Lipinski definition) is 4. The van der Waals surface area contributed by atoms with Gasteiger partial charge in [-0.2, -0.15) is 0 Å². The number of imide groups is 1. The van der Waals surface area contributed by atoms with Crippen molar-refractivity contribution < 1.29 is 14.4 Å². The van der Waals surface area contributed by atoms with E-state index in [0.717, 1.165) is 43.6 Å². The molecule has 2 aromatic rings. The normalized spacial score (nSPS) is 18.2. The van der Waals surface area contributed by atoms with Crippen molar-refractivity contribution in [3.05, 3.63) is 64.2 Å². The van der Waals surface area contributed by atoms with E-state index in [9.17, 15) is 14.4 Å². The van der Waals surface area contributed by atoms with Gasteiger partial charge in [0.25, 0.3) is 11.8 Å². The molecule has 2 aromatic carbocycles. The quantitative estimate of drug-likeness (QED) is 0.485. The summed E-state index contributed by atoms with van der Waals surface area (Å²) >= 11 is 5.98. The second kappa shape index (κ2) is 10.0. The Balaban J connectivity index is 1.28. The van der Waals surface area contributed by atoms with Crippen LogP contribution >= 0.6 is 11.6 Å². The lowest BCUT2D eigenvalue weighted by Gasteiger charge is -2.36. The number of anilines is 1. The molecule has 35 heavy (non-hydrogen) atoms. The van der Waals surface area contributed by atoms with E-state index in [0.29, 0.717) is 35.2 Å². The maximum atomic E-state index is 13.4. The minimum atomic E-state index is -0.262. The highest BCUT2D eigenvalue weighted by Crippen LogP contribution is 2.35. The third-order valence-electron chi connectivity index (χ3n) is 7.40. The molecule has 6 nitrogen and oxygen atoms in total. The summed E-state index contributed by atoms with van der Waals surface area (Å²) in [6.07, 6.45) is 5.00. The molecule has 0 bridgehead atoms. The molecule has 1 saturated carbocycles. The van der Waals surface area contributed by atoms with Gasteiger partial charge in [-0.25, -0.2) is 0 Å². The number of benzene rings is 2. The zero-order chi connectivity index (χ0) is 24.5. The molecule has 0 N–H and O–H groups in total. The molecule has 2 fully saturated rings. The summed E-state index contributed by atoms with van der Waals surface area (Å²) in [6, 6.07) is 12.7. The highest BCUT2D eigenvalue weighted by atomic mass is 35.5. The molecule has 2 heterocycles. The number of hydrogen-bond donors (Lipinski definition) is 0. The number of rotatable bonds is 8. The Morgan fingerprint density at radius 2 is 1.71 bits per heavy atom. The Bertz CT molecular complexity index is 1120. The van der Waals surface area contributed by atoms with Gasteiger partial charge >= 0.3 is 0 Å². The lowest BCUT2D eigenvalue weighted by molar-refractivity contribution is -0.136. The molecule has 3 aliphatic rings. The van der Waals surface area contributed by atoms with E-state index in [-0.39, 0.29) is 30.2 Å². The summed E-state index contributed by atoms with van der Waals surface area (Å²) in [6.45, 7) is 5.48. The third-order valence-corrected chi connectivity index (χ3v) is 7.65. The van der Waals surface area contributed by atoms with Crippen LogP contribution in [0.1, 0.15) is 65.3 Å². The van der Waals surface area contributed by atoms with Crippen molar-refractivity contribution in [2.45, 2.75) is 45.6 Å². The molecule has 3 amide bonds. The van der Waals surface area contributed by atoms with Gasteiger partial charge in [-0.3, -0.25) is 19.3 Å². The molecule has 7 heteroatoms. The largest absolute Gasteiger partial charge is 0.371 e. The molecular formula is C28H32ClN3O3. The number of carbonyl (C=O) groups is 3. The van der Waals surface area contributed by atoms with Crippen LogP contribution in [0.25, 0.3) is 0 Å². The highest BCUT2D eigenvalue weighted by Gasteiger charge is 2.39. The monoisotopic (exact) mass is 493 g/mol. The standard InChI is InChI=1S/C28H32ClN3O3/c1-2-14-31(17-19-6-7-19)26(33)21-12-15-30(16-13-21)24-5-3-4-23-25(24)28(35)32(27(23)34)18-20-8-10-22(29)11-9-20/h3-5,8-11,19,21H,2,6-7,12-18H2,1H3. The smallest absolute Gasteiger partial charge is 0.263 e. The maximum Gasteiger partial charge on any atom is 0.263 e. The van der Waals surface area contributed by atoms with Crippen molar-refractivity contribution in [2.75, 3.05) is 31.1 Å². The topological polar surface area (TPSA) is 60.9 Å². The predicted molar refractivity (Wildman–Crippen MR) is 137 cm³/mol.